The fraction of sp³-hybridized carbons (Fsp3) is 0.0833. The number of aromatic nitrogens is 1. The van der Waals surface area contributed by atoms with Gasteiger partial charge in [-0.05, 0) is 48.1 Å². The number of nitrogens with zero attached hydrogens (tertiary/aromatic N) is 2. The van der Waals surface area contributed by atoms with Crippen LogP contribution < -0.4 is 15.6 Å². The maximum atomic E-state index is 5.38. The third kappa shape index (κ3) is 4.34. The van der Waals surface area contributed by atoms with Crippen molar-refractivity contribution in [3.8, 4) is 11.3 Å². The monoisotopic (exact) mass is 413 g/mol. The van der Waals surface area contributed by atoms with Gasteiger partial charge < -0.3 is 15.2 Å². The molecular formula is C24H23N5S. The Balaban J connectivity index is 1.52. The molecule has 0 saturated heterocycles. The SMILES string of the molecule is CN(C)c1ccc(NC(=S)N/N=C/c2c(-c3ccccc3)[nH]c3ccccc23)cc1. The van der Waals surface area contributed by atoms with Crippen molar-refractivity contribution in [3.63, 3.8) is 0 Å². The molecule has 3 aromatic carbocycles. The van der Waals surface area contributed by atoms with Gasteiger partial charge in [-0.15, -0.1) is 0 Å². The fourth-order valence-corrected chi connectivity index (χ4v) is 3.46. The van der Waals surface area contributed by atoms with E-state index in [0.29, 0.717) is 5.11 Å². The van der Waals surface area contributed by atoms with Gasteiger partial charge in [0.05, 0.1) is 11.9 Å². The topological polar surface area (TPSA) is 55.4 Å². The van der Waals surface area contributed by atoms with Crippen molar-refractivity contribution in [2.24, 2.45) is 5.10 Å². The summed E-state index contributed by atoms with van der Waals surface area (Å²) in [6.07, 6.45) is 1.81. The van der Waals surface area contributed by atoms with E-state index in [1.54, 1.807) is 0 Å². The van der Waals surface area contributed by atoms with Crippen LogP contribution in [0.4, 0.5) is 11.4 Å². The van der Waals surface area contributed by atoms with Gasteiger partial charge in [0.25, 0.3) is 0 Å². The second-order valence-corrected chi connectivity index (χ2v) is 7.50. The third-order valence-corrected chi connectivity index (χ3v) is 5.00. The van der Waals surface area contributed by atoms with Crippen LogP contribution in [0.15, 0.2) is 84.0 Å². The molecule has 0 fully saturated rings. The molecule has 0 spiro atoms. The molecule has 30 heavy (non-hydrogen) atoms. The van der Waals surface area contributed by atoms with E-state index in [4.69, 9.17) is 12.2 Å². The average molecular weight is 414 g/mol. The molecule has 6 heteroatoms. The predicted octanol–water partition coefficient (Wildman–Crippen LogP) is 5.22. The quantitative estimate of drug-likeness (QED) is 0.238. The lowest BCUT2D eigenvalue weighted by atomic mass is 10.1. The minimum absolute atomic E-state index is 0.435. The van der Waals surface area contributed by atoms with Gasteiger partial charge in [-0.1, -0.05) is 48.5 Å². The highest BCUT2D eigenvalue weighted by atomic mass is 32.1. The smallest absolute Gasteiger partial charge is 0.191 e. The summed E-state index contributed by atoms with van der Waals surface area (Å²) in [5.41, 5.74) is 9.17. The van der Waals surface area contributed by atoms with Crippen LogP contribution in [0.5, 0.6) is 0 Å². The summed E-state index contributed by atoms with van der Waals surface area (Å²) in [4.78, 5) is 5.55. The number of hydrogen-bond acceptors (Lipinski definition) is 3. The Morgan fingerprint density at radius 3 is 2.37 bits per heavy atom. The molecule has 0 radical (unpaired) electrons. The zero-order chi connectivity index (χ0) is 20.9. The van der Waals surface area contributed by atoms with Gasteiger partial charge in [-0.3, -0.25) is 5.43 Å². The van der Waals surface area contributed by atoms with E-state index < -0.39 is 0 Å². The van der Waals surface area contributed by atoms with Crippen LogP contribution in [0.3, 0.4) is 0 Å². The van der Waals surface area contributed by atoms with Crippen molar-refractivity contribution in [1.82, 2.24) is 10.4 Å². The number of hydrogen-bond donors (Lipinski definition) is 3. The molecule has 0 aliphatic carbocycles. The highest BCUT2D eigenvalue weighted by Gasteiger charge is 2.11. The van der Waals surface area contributed by atoms with Gasteiger partial charge in [0.1, 0.15) is 0 Å². The summed E-state index contributed by atoms with van der Waals surface area (Å²) in [6, 6.07) is 26.5. The number of hydrazone groups is 1. The number of nitrogens with one attached hydrogen (secondary N) is 3. The van der Waals surface area contributed by atoms with Crippen LogP contribution in [0.25, 0.3) is 22.2 Å². The first kappa shape index (κ1) is 19.7. The molecule has 0 amide bonds. The molecule has 5 nitrogen and oxygen atoms in total. The molecule has 4 rings (SSSR count). The molecule has 0 aliphatic heterocycles. The van der Waals surface area contributed by atoms with Crippen molar-refractivity contribution in [1.29, 1.82) is 0 Å². The minimum Gasteiger partial charge on any atom is -0.378 e. The lowest BCUT2D eigenvalue weighted by molar-refractivity contribution is 1.05. The van der Waals surface area contributed by atoms with Gasteiger partial charge in [-0.25, -0.2) is 0 Å². The number of rotatable bonds is 5. The lowest BCUT2D eigenvalue weighted by Gasteiger charge is -2.13. The highest BCUT2D eigenvalue weighted by Crippen LogP contribution is 2.28. The van der Waals surface area contributed by atoms with Crippen molar-refractivity contribution in [2.45, 2.75) is 0 Å². The number of benzene rings is 3. The van der Waals surface area contributed by atoms with Crippen LogP contribution in [-0.2, 0) is 0 Å². The Morgan fingerprint density at radius 1 is 0.933 bits per heavy atom. The van der Waals surface area contributed by atoms with E-state index in [9.17, 15) is 0 Å². The Bertz CT molecular complexity index is 1180. The van der Waals surface area contributed by atoms with Gasteiger partial charge in [-0.2, -0.15) is 5.10 Å². The van der Waals surface area contributed by atoms with E-state index >= 15 is 0 Å². The number of H-pyrrole nitrogens is 1. The zero-order valence-electron chi connectivity index (χ0n) is 16.9. The van der Waals surface area contributed by atoms with E-state index in [1.165, 1.54) is 0 Å². The van der Waals surface area contributed by atoms with Crippen molar-refractivity contribution in [2.75, 3.05) is 24.3 Å². The Labute approximate surface area is 181 Å². The van der Waals surface area contributed by atoms with Crippen LogP contribution in [0, 0.1) is 0 Å². The molecule has 0 unspecified atom stereocenters. The third-order valence-electron chi connectivity index (χ3n) is 4.81. The highest BCUT2D eigenvalue weighted by molar-refractivity contribution is 7.80. The first-order valence-corrected chi connectivity index (χ1v) is 10.1. The van der Waals surface area contributed by atoms with Crippen LogP contribution in [-0.4, -0.2) is 30.4 Å². The van der Waals surface area contributed by atoms with E-state index in [2.05, 4.69) is 50.0 Å². The summed E-state index contributed by atoms with van der Waals surface area (Å²) in [5.74, 6) is 0. The van der Waals surface area contributed by atoms with Crippen LogP contribution in [0.2, 0.25) is 0 Å². The number of fused-ring (bicyclic) bond motifs is 1. The van der Waals surface area contributed by atoms with E-state index in [1.807, 2.05) is 74.9 Å². The Morgan fingerprint density at radius 2 is 1.63 bits per heavy atom. The van der Waals surface area contributed by atoms with Crippen LogP contribution in [0.1, 0.15) is 5.56 Å². The van der Waals surface area contributed by atoms with Crippen molar-refractivity contribution >= 4 is 45.8 Å². The number of anilines is 2. The number of para-hydroxylation sites is 1. The number of thiocarbonyl (C=S) groups is 1. The summed E-state index contributed by atoms with van der Waals surface area (Å²) >= 11 is 5.38. The molecule has 150 valence electrons. The van der Waals surface area contributed by atoms with Gasteiger partial charge >= 0.3 is 0 Å². The molecule has 4 aromatic rings. The molecule has 0 atom stereocenters. The van der Waals surface area contributed by atoms with E-state index in [-0.39, 0.29) is 0 Å². The largest absolute Gasteiger partial charge is 0.378 e. The lowest BCUT2D eigenvalue weighted by Crippen LogP contribution is -2.23. The minimum atomic E-state index is 0.435. The van der Waals surface area contributed by atoms with Crippen molar-refractivity contribution < 1.29 is 0 Å². The molecule has 0 aliphatic rings. The van der Waals surface area contributed by atoms with Crippen molar-refractivity contribution in [3.05, 3.63) is 84.4 Å². The first-order valence-electron chi connectivity index (χ1n) is 9.65. The van der Waals surface area contributed by atoms with Crippen LogP contribution >= 0.6 is 12.2 Å². The molecular weight excluding hydrogens is 390 g/mol. The first-order chi connectivity index (χ1) is 14.6. The summed E-state index contributed by atoms with van der Waals surface area (Å²) in [6.45, 7) is 0. The Hall–Kier alpha value is -3.64. The van der Waals surface area contributed by atoms with E-state index in [0.717, 1.165) is 39.1 Å². The summed E-state index contributed by atoms with van der Waals surface area (Å²) < 4.78 is 0. The molecule has 0 bridgehead atoms. The van der Waals surface area contributed by atoms with Gasteiger partial charge in [0.15, 0.2) is 5.11 Å². The maximum absolute atomic E-state index is 5.38. The molecule has 1 heterocycles. The molecule has 3 N–H and O–H groups in total. The normalized spacial score (nSPS) is 11.0. The Kier molecular flexibility index (Phi) is 5.77. The predicted molar refractivity (Wildman–Crippen MR) is 131 cm³/mol. The summed E-state index contributed by atoms with van der Waals surface area (Å²) in [5, 5.41) is 9.08. The second kappa shape index (κ2) is 8.80. The number of aromatic amines is 1. The van der Waals surface area contributed by atoms with Gasteiger partial charge in [0.2, 0.25) is 0 Å². The zero-order valence-corrected chi connectivity index (χ0v) is 17.7. The second-order valence-electron chi connectivity index (χ2n) is 7.09. The maximum Gasteiger partial charge on any atom is 0.191 e. The average Bonchev–Trinajstić information content (AvgIpc) is 3.13. The van der Waals surface area contributed by atoms with Gasteiger partial charge in [0, 0.05) is 41.9 Å². The summed E-state index contributed by atoms with van der Waals surface area (Å²) in [7, 11) is 4.02. The molecule has 0 saturated carbocycles. The molecule has 1 aromatic heterocycles. The standard InChI is InChI=1S/C24H23N5S/c1-29(2)19-14-12-18(13-15-19)26-24(30)28-25-16-21-20-10-6-7-11-22(20)27-23(21)17-8-4-3-5-9-17/h3-16,27H,1-2H3,(H2,26,28,30)/b25-16+. The fourth-order valence-electron chi connectivity index (χ4n) is 3.29.